The molecule has 2 unspecified atom stereocenters. The van der Waals surface area contributed by atoms with Crippen molar-refractivity contribution in [1.29, 1.82) is 0 Å². The molecule has 6 nitrogen and oxygen atoms in total. The van der Waals surface area contributed by atoms with E-state index in [2.05, 4.69) is 0 Å². The molecule has 112 valence electrons. The van der Waals surface area contributed by atoms with Gasteiger partial charge in [-0.1, -0.05) is 0 Å². The van der Waals surface area contributed by atoms with E-state index < -0.39 is 6.10 Å². The minimum absolute atomic E-state index is 0.0384. The van der Waals surface area contributed by atoms with Gasteiger partial charge in [0.2, 0.25) is 0 Å². The summed E-state index contributed by atoms with van der Waals surface area (Å²) in [6.07, 6.45) is 1.19. The Hall–Kier alpha value is -2.05. The van der Waals surface area contributed by atoms with E-state index in [-0.39, 0.29) is 33.8 Å². The summed E-state index contributed by atoms with van der Waals surface area (Å²) in [5, 5.41) is 30.4. The topological polar surface area (TPSA) is 94.1 Å². The highest BCUT2D eigenvalue weighted by Gasteiger charge is 2.32. The number of aliphatic hydroxyl groups is 1. The minimum Gasteiger partial charge on any atom is -0.507 e. The molecule has 1 aliphatic rings. The zero-order valence-corrected chi connectivity index (χ0v) is 11.6. The van der Waals surface area contributed by atoms with Crippen LogP contribution in [0.2, 0.25) is 0 Å². The van der Waals surface area contributed by atoms with Gasteiger partial charge in [-0.3, -0.25) is 4.79 Å². The van der Waals surface area contributed by atoms with Crippen molar-refractivity contribution in [3.8, 4) is 11.5 Å². The van der Waals surface area contributed by atoms with Crippen molar-refractivity contribution in [2.75, 3.05) is 20.1 Å². The lowest BCUT2D eigenvalue weighted by Gasteiger charge is -2.34. The zero-order chi connectivity index (χ0) is 15.1. The summed E-state index contributed by atoms with van der Waals surface area (Å²) in [6, 6.07) is 2.35. The Labute approximate surface area is 120 Å². The number of hydrogen-bond acceptors (Lipinski definition) is 6. The van der Waals surface area contributed by atoms with Crippen molar-refractivity contribution in [1.82, 2.24) is 4.90 Å². The summed E-state index contributed by atoms with van der Waals surface area (Å²) in [6.45, 7) is 1.24. The first-order valence-electron chi connectivity index (χ1n) is 6.82. The van der Waals surface area contributed by atoms with Gasteiger partial charge in [0.25, 0.3) is 0 Å². The predicted octanol–water partition coefficient (Wildman–Crippen LogP) is 0.984. The van der Waals surface area contributed by atoms with Gasteiger partial charge in [-0.15, -0.1) is 0 Å². The Morgan fingerprint density at radius 2 is 2.10 bits per heavy atom. The summed E-state index contributed by atoms with van der Waals surface area (Å²) >= 11 is 0. The summed E-state index contributed by atoms with van der Waals surface area (Å²) in [5.41, 5.74) is 0.159. The van der Waals surface area contributed by atoms with E-state index in [1.807, 2.05) is 11.9 Å². The number of nitrogens with zero attached hydrogens (tertiary/aromatic N) is 1. The third-order valence-corrected chi connectivity index (χ3v) is 4.08. The molecule has 21 heavy (non-hydrogen) atoms. The van der Waals surface area contributed by atoms with Crippen LogP contribution in [0.15, 0.2) is 27.6 Å². The monoisotopic (exact) mass is 291 g/mol. The number of aliphatic hydroxyl groups excluding tert-OH is 1. The Kier molecular flexibility index (Phi) is 3.35. The number of rotatable bonds is 1. The van der Waals surface area contributed by atoms with Crippen molar-refractivity contribution in [2.45, 2.75) is 18.4 Å². The number of likely N-dealkylation sites (N-methyl/N-ethyl adjacent to an activating group) is 1. The van der Waals surface area contributed by atoms with E-state index in [0.29, 0.717) is 18.5 Å². The van der Waals surface area contributed by atoms with Gasteiger partial charge >= 0.3 is 0 Å². The van der Waals surface area contributed by atoms with E-state index in [1.165, 1.54) is 12.3 Å². The van der Waals surface area contributed by atoms with Gasteiger partial charge in [0.15, 0.2) is 5.43 Å². The summed E-state index contributed by atoms with van der Waals surface area (Å²) < 4.78 is 5.37. The van der Waals surface area contributed by atoms with E-state index in [0.717, 1.165) is 12.6 Å². The fraction of sp³-hybridized carbons (Fsp3) is 0.400. The van der Waals surface area contributed by atoms with Crippen molar-refractivity contribution in [3.05, 3.63) is 34.2 Å². The predicted molar refractivity (Wildman–Crippen MR) is 76.7 cm³/mol. The Bertz CT molecular complexity index is 739. The molecule has 0 aliphatic carbocycles. The van der Waals surface area contributed by atoms with Crippen LogP contribution in [0.5, 0.6) is 11.5 Å². The Morgan fingerprint density at radius 3 is 2.81 bits per heavy atom. The fourth-order valence-electron chi connectivity index (χ4n) is 3.04. The van der Waals surface area contributed by atoms with Gasteiger partial charge in [-0.2, -0.15) is 0 Å². The van der Waals surface area contributed by atoms with Crippen LogP contribution >= 0.6 is 0 Å². The maximum Gasteiger partial charge on any atom is 0.196 e. The first kappa shape index (κ1) is 13.9. The smallest absolute Gasteiger partial charge is 0.196 e. The lowest BCUT2D eigenvalue weighted by Crippen LogP contribution is -2.40. The highest BCUT2D eigenvalue weighted by Crippen LogP contribution is 2.41. The molecule has 0 bridgehead atoms. The third-order valence-electron chi connectivity index (χ3n) is 4.08. The lowest BCUT2D eigenvalue weighted by atomic mass is 9.85. The lowest BCUT2D eigenvalue weighted by molar-refractivity contribution is 0.0630. The number of hydrogen-bond donors (Lipinski definition) is 3. The van der Waals surface area contributed by atoms with Gasteiger partial charge < -0.3 is 24.6 Å². The van der Waals surface area contributed by atoms with Crippen LogP contribution in [-0.4, -0.2) is 46.5 Å². The second-order valence-corrected chi connectivity index (χ2v) is 5.54. The Balaban J connectivity index is 2.23. The van der Waals surface area contributed by atoms with Crippen LogP contribution in [0.4, 0.5) is 0 Å². The first-order valence-corrected chi connectivity index (χ1v) is 6.82. The average Bonchev–Trinajstić information content (AvgIpc) is 2.40. The number of phenols is 2. The zero-order valence-electron chi connectivity index (χ0n) is 11.6. The van der Waals surface area contributed by atoms with Gasteiger partial charge in [0.05, 0.1) is 12.4 Å². The number of β-amino-alcohol motifs (C(OH)–C–C–N with tert-alkyl or cyclic N) is 1. The molecule has 1 aromatic heterocycles. The minimum atomic E-state index is -0.673. The standard InChI is InChI=1S/C15H17NO5/c1-16-4-2-8(12(20)7-16)13-10(18)6-11(19)14-9(17)3-5-21-15(13)14/h3,5-6,8,12,18-20H,2,4,7H2,1H3. The number of phenolic OH excluding ortho intramolecular Hbond substituents is 2. The van der Waals surface area contributed by atoms with Crippen LogP contribution in [0, 0.1) is 0 Å². The van der Waals surface area contributed by atoms with E-state index in [1.54, 1.807) is 0 Å². The quantitative estimate of drug-likeness (QED) is 0.725. The van der Waals surface area contributed by atoms with Gasteiger partial charge in [-0.25, -0.2) is 0 Å². The number of piperidine rings is 1. The largest absolute Gasteiger partial charge is 0.507 e. The number of likely N-dealkylation sites (tertiary alicyclic amines) is 1. The van der Waals surface area contributed by atoms with Crippen molar-refractivity contribution in [2.24, 2.45) is 0 Å². The Morgan fingerprint density at radius 1 is 1.33 bits per heavy atom. The van der Waals surface area contributed by atoms with Crippen LogP contribution in [-0.2, 0) is 0 Å². The molecule has 0 amide bonds. The fourth-order valence-corrected chi connectivity index (χ4v) is 3.04. The number of fused-ring (bicyclic) bond motifs is 1. The molecule has 6 heteroatoms. The molecule has 2 heterocycles. The molecule has 0 saturated carbocycles. The molecule has 0 radical (unpaired) electrons. The molecule has 2 atom stereocenters. The van der Waals surface area contributed by atoms with Gasteiger partial charge in [0.1, 0.15) is 22.5 Å². The first-order chi connectivity index (χ1) is 9.99. The number of benzene rings is 1. The van der Waals surface area contributed by atoms with Crippen LogP contribution < -0.4 is 5.43 Å². The molecular formula is C15H17NO5. The molecule has 3 N–H and O–H groups in total. The maximum absolute atomic E-state index is 11.9. The summed E-state index contributed by atoms with van der Waals surface area (Å²) in [7, 11) is 1.91. The highest BCUT2D eigenvalue weighted by molar-refractivity contribution is 5.88. The SMILES string of the molecule is CN1CCC(c2c(O)cc(O)c3c(=O)ccoc23)C(O)C1. The van der Waals surface area contributed by atoms with E-state index in [9.17, 15) is 20.1 Å². The van der Waals surface area contributed by atoms with Crippen LogP contribution in [0.25, 0.3) is 11.0 Å². The highest BCUT2D eigenvalue weighted by atomic mass is 16.3. The molecule has 1 aliphatic heterocycles. The summed E-state index contributed by atoms with van der Waals surface area (Å²) in [4.78, 5) is 13.9. The molecular weight excluding hydrogens is 274 g/mol. The van der Waals surface area contributed by atoms with Crippen LogP contribution in [0.1, 0.15) is 17.9 Å². The molecule has 1 aromatic carbocycles. The van der Waals surface area contributed by atoms with Gasteiger partial charge in [0, 0.05) is 30.2 Å². The average molecular weight is 291 g/mol. The van der Waals surface area contributed by atoms with Crippen LogP contribution in [0.3, 0.4) is 0 Å². The molecule has 1 fully saturated rings. The van der Waals surface area contributed by atoms with Crippen molar-refractivity contribution >= 4 is 11.0 Å². The number of aromatic hydroxyl groups is 2. The van der Waals surface area contributed by atoms with E-state index >= 15 is 0 Å². The summed E-state index contributed by atoms with van der Waals surface area (Å²) in [5.74, 6) is -0.819. The maximum atomic E-state index is 11.9. The van der Waals surface area contributed by atoms with Crippen molar-refractivity contribution in [3.63, 3.8) is 0 Å². The van der Waals surface area contributed by atoms with E-state index in [4.69, 9.17) is 4.42 Å². The second kappa shape index (κ2) is 5.05. The van der Waals surface area contributed by atoms with Gasteiger partial charge in [-0.05, 0) is 20.0 Å². The normalized spacial score (nSPS) is 23.5. The molecule has 3 rings (SSSR count). The van der Waals surface area contributed by atoms with Crippen molar-refractivity contribution < 1.29 is 19.7 Å². The molecule has 0 spiro atoms. The second-order valence-electron chi connectivity index (χ2n) is 5.54. The molecule has 2 aromatic rings. The third kappa shape index (κ3) is 2.26. The molecule has 1 saturated heterocycles.